The number of anilines is 2. The Bertz CT molecular complexity index is 943. The number of ether oxygens (including phenoxy) is 2. The molecular weight excluding hydrogens is 328 g/mol. The van der Waals surface area contributed by atoms with Gasteiger partial charge in [0.2, 0.25) is 12.2 Å². The lowest BCUT2D eigenvalue weighted by Gasteiger charge is -2.15. The van der Waals surface area contributed by atoms with Crippen LogP contribution in [0.1, 0.15) is 11.1 Å². The second-order valence-electron chi connectivity index (χ2n) is 5.91. The van der Waals surface area contributed by atoms with Gasteiger partial charge in [-0.3, -0.25) is 0 Å². The first-order valence-electron chi connectivity index (χ1n) is 8.25. The summed E-state index contributed by atoms with van der Waals surface area (Å²) < 4.78 is 11.6. The van der Waals surface area contributed by atoms with E-state index in [0.29, 0.717) is 23.4 Å². The zero-order chi connectivity index (χ0) is 17.9. The maximum absolute atomic E-state index is 6.13. The van der Waals surface area contributed by atoms with Crippen molar-refractivity contribution in [1.82, 2.24) is 9.97 Å². The molecule has 0 amide bonds. The van der Waals surface area contributed by atoms with Crippen LogP contribution < -0.4 is 11.5 Å². The van der Waals surface area contributed by atoms with E-state index in [1.165, 1.54) is 0 Å². The molecule has 1 aliphatic rings. The average molecular weight is 346 g/mol. The summed E-state index contributed by atoms with van der Waals surface area (Å²) in [4.78, 5) is 8.45. The average Bonchev–Trinajstić information content (AvgIpc) is 3.10. The quantitative estimate of drug-likeness (QED) is 0.753. The Labute approximate surface area is 151 Å². The van der Waals surface area contributed by atoms with Crippen LogP contribution in [0.3, 0.4) is 0 Å². The molecule has 130 valence electrons. The summed E-state index contributed by atoms with van der Waals surface area (Å²) in [6.45, 7) is 0. The SMILES string of the molecule is Nc1nc(N)c(C2=COC(Cc3ccccc3)O2)c(-c2ccccc2)n1. The molecule has 4 N–H and O–H groups in total. The van der Waals surface area contributed by atoms with Gasteiger partial charge in [0.1, 0.15) is 12.1 Å². The van der Waals surface area contributed by atoms with Gasteiger partial charge >= 0.3 is 0 Å². The standard InChI is InChI=1S/C20H18N4O2/c21-19-17(18(23-20(22)24-19)14-9-5-2-6-10-14)15-12-25-16(26-15)11-13-7-3-1-4-8-13/h1-10,12,16H,11H2,(H4,21,22,23,24). The van der Waals surface area contributed by atoms with E-state index in [4.69, 9.17) is 20.9 Å². The van der Waals surface area contributed by atoms with Crippen LogP contribution in [0, 0.1) is 0 Å². The van der Waals surface area contributed by atoms with Crippen molar-refractivity contribution < 1.29 is 9.47 Å². The van der Waals surface area contributed by atoms with Crippen molar-refractivity contribution in [3.63, 3.8) is 0 Å². The molecule has 3 aromatic rings. The summed E-state index contributed by atoms with van der Waals surface area (Å²) in [7, 11) is 0. The molecule has 1 unspecified atom stereocenters. The Morgan fingerprint density at radius 1 is 0.885 bits per heavy atom. The lowest BCUT2D eigenvalue weighted by Crippen LogP contribution is -2.13. The molecule has 0 radical (unpaired) electrons. The van der Waals surface area contributed by atoms with Gasteiger partial charge < -0.3 is 20.9 Å². The third-order valence-corrected chi connectivity index (χ3v) is 4.08. The van der Waals surface area contributed by atoms with Gasteiger partial charge in [0, 0.05) is 12.0 Å². The number of hydrogen-bond donors (Lipinski definition) is 2. The highest BCUT2D eigenvalue weighted by Crippen LogP contribution is 2.35. The molecule has 0 fully saturated rings. The van der Waals surface area contributed by atoms with E-state index < -0.39 is 6.29 Å². The van der Waals surface area contributed by atoms with Crippen LogP contribution in [0.15, 0.2) is 66.9 Å². The fourth-order valence-corrected chi connectivity index (χ4v) is 2.89. The fraction of sp³-hybridized carbons (Fsp3) is 0.100. The van der Waals surface area contributed by atoms with Gasteiger partial charge in [-0.1, -0.05) is 60.7 Å². The van der Waals surface area contributed by atoms with Crippen molar-refractivity contribution in [3.8, 4) is 11.3 Å². The molecule has 0 saturated heterocycles. The highest BCUT2D eigenvalue weighted by atomic mass is 16.7. The lowest BCUT2D eigenvalue weighted by atomic mass is 10.1. The smallest absolute Gasteiger partial charge is 0.244 e. The molecule has 26 heavy (non-hydrogen) atoms. The van der Waals surface area contributed by atoms with Crippen LogP contribution in [-0.2, 0) is 15.9 Å². The summed E-state index contributed by atoms with van der Waals surface area (Å²) >= 11 is 0. The minimum absolute atomic E-state index is 0.116. The molecule has 0 aliphatic carbocycles. The molecular formula is C20H18N4O2. The highest BCUT2D eigenvalue weighted by molar-refractivity contribution is 5.82. The van der Waals surface area contributed by atoms with E-state index in [-0.39, 0.29) is 11.8 Å². The third kappa shape index (κ3) is 3.17. The molecule has 0 spiro atoms. The van der Waals surface area contributed by atoms with Crippen LogP contribution in [0.2, 0.25) is 0 Å². The first kappa shape index (κ1) is 16.0. The number of nitrogen functional groups attached to an aromatic ring is 2. The van der Waals surface area contributed by atoms with Gasteiger partial charge in [0.25, 0.3) is 0 Å². The molecule has 6 nitrogen and oxygen atoms in total. The lowest BCUT2D eigenvalue weighted by molar-refractivity contribution is -0.0135. The van der Waals surface area contributed by atoms with E-state index in [2.05, 4.69) is 9.97 Å². The van der Waals surface area contributed by atoms with Gasteiger partial charge in [-0.25, -0.2) is 4.98 Å². The maximum Gasteiger partial charge on any atom is 0.244 e. The Kier molecular flexibility index (Phi) is 4.15. The van der Waals surface area contributed by atoms with Gasteiger partial charge in [0.05, 0.1) is 11.3 Å². The topological polar surface area (TPSA) is 96.3 Å². The predicted octanol–water partition coefficient (Wildman–Crippen LogP) is 3.22. The first-order chi connectivity index (χ1) is 12.7. The van der Waals surface area contributed by atoms with Crippen LogP contribution in [-0.4, -0.2) is 16.3 Å². The molecule has 2 aromatic carbocycles. The van der Waals surface area contributed by atoms with Crippen LogP contribution in [0.4, 0.5) is 11.8 Å². The van der Waals surface area contributed by atoms with Gasteiger partial charge in [-0.05, 0) is 5.56 Å². The molecule has 4 rings (SSSR count). The zero-order valence-electron chi connectivity index (χ0n) is 14.0. The Balaban J connectivity index is 1.64. The fourth-order valence-electron chi connectivity index (χ4n) is 2.89. The van der Waals surface area contributed by atoms with Crippen molar-refractivity contribution in [3.05, 3.63) is 78.1 Å². The largest absolute Gasteiger partial charge is 0.458 e. The Hall–Kier alpha value is -3.54. The minimum atomic E-state index is -0.423. The van der Waals surface area contributed by atoms with Crippen molar-refractivity contribution in [2.24, 2.45) is 0 Å². The molecule has 1 aliphatic heterocycles. The Morgan fingerprint density at radius 2 is 1.58 bits per heavy atom. The number of aromatic nitrogens is 2. The maximum atomic E-state index is 6.13. The summed E-state index contributed by atoms with van der Waals surface area (Å²) in [6, 6.07) is 19.6. The summed E-state index contributed by atoms with van der Waals surface area (Å²) in [5.41, 5.74) is 15.1. The van der Waals surface area contributed by atoms with Gasteiger partial charge in [-0.15, -0.1) is 0 Å². The summed E-state index contributed by atoms with van der Waals surface area (Å²) in [5, 5.41) is 0. The van der Waals surface area contributed by atoms with Gasteiger partial charge in [0.15, 0.2) is 5.76 Å². The molecule has 1 aromatic heterocycles. The van der Waals surface area contributed by atoms with Crippen molar-refractivity contribution in [1.29, 1.82) is 0 Å². The highest BCUT2D eigenvalue weighted by Gasteiger charge is 2.26. The first-order valence-corrected chi connectivity index (χ1v) is 8.25. The number of nitrogens with two attached hydrogens (primary N) is 2. The van der Waals surface area contributed by atoms with E-state index in [1.807, 2.05) is 60.7 Å². The minimum Gasteiger partial charge on any atom is -0.458 e. The number of hydrogen-bond acceptors (Lipinski definition) is 6. The monoisotopic (exact) mass is 346 g/mol. The van der Waals surface area contributed by atoms with Crippen LogP contribution in [0.25, 0.3) is 17.0 Å². The number of rotatable bonds is 4. The van der Waals surface area contributed by atoms with Crippen LogP contribution in [0.5, 0.6) is 0 Å². The van der Waals surface area contributed by atoms with Crippen LogP contribution >= 0.6 is 0 Å². The zero-order valence-corrected chi connectivity index (χ0v) is 14.0. The second kappa shape index (κ2) is 6.76. The molecule has 6 heteroatoms. The van der Waals surface area contributed by atoms with Gasteiger partial charge in [-0.2, -0.15) is 4.98 Å². The van der Waals surface area contributed by atoms with Crippen molar-refractivity contribution in [2.75, 3.05) is 11.5 Å². The second-order valence-corrected chi connectivity index (χ2v) is 5.91. The predicted molar refractivity (Wildman–Crippen MR) is 100 cm³/mol. The summed E-state index contributed by atoms with van der Waals surface area (Å²) in [5.74, 6) is 0.874. The molecule has 0 bridgehead atoms. The summed E-state index contributed by atoms with van der Waals surface area (Å²) in [6.07, 6.45) is 1.76. The molecule has 1 atom stereocenters. The third-order valence-electron chi connectivity index (χ3n) is 4.08. The van der Waals surface area contributed by atoms with E-state index in [1.54, 1.807) is 6.26 Å². The van der Waals surface area contributed by atoms with Crippen molar-refractivity contribution in [2.45, 2.75) is 12.7 Å². The molecule has 0 saturated carbocycles. The Morgan fingerprint density at radius 3 is 2.31 bits per heavy atom. The van der Waals surface area contributed by atoms with Crippen molar-refractivity contribution >= 4 is 17.5 Å². The molecule has 2 heterocycles. The number of nitrogens with zero attached hydrogens (tertiary/aromatic N) is 2. The van der Waals surface area contributed by atoms with E-state index >= 15 is 0 Å². The normalized spacial score (nSPS) is 15.8. The van der Waals surface area contributed by atoms with E-state index in [9.17, 15) is 0 Å². The number of benzene rings is 2. The van der Waals surface area contributed by atoms with E-state index in [0.717, 1.165) is 11.1 Å².